The molecule has 5 heteroatoms. The van der Waals surface area contributed by atoms with Crippen LogP contribution in [0, 0.1) is 11.8 Å². The van der Waals surface area contributed by atoms with E-state index in [-0.39, 0.29) is 17.7 Å². The number of carbonyl (C=O) groups excluding carboxylic acids is 2. The molecule has 2 fully saturated rings. The Balaban J connectivity index is 1.93. The Kier molecular flexibility index (Phi) is 4.54. The molecule has 2 aliphatic rings. The van der Waals surface area contributed by atoms with Gasteiger partial charge in [-0.2, -0.15) is 11.8 Å². The highest BCUT2D eigenvalue weighted by molar-refractivity contribution is 8.00. The second-order valence-electron chi connectivity index (χ2n) is 5.48. The maximum Gasteiger partial charge on any atom is 0.226 e. The van der Waals surface area contributed by atoms with E-state index in [0.717, 1.165) is 25.3 Å². The van der Waals surface area contributed by atoms with Gasteiger partial charge in [-0.05, 0) is 12.3 Å². The first kappa shape index (κ1) is 13.7. The van der Waals surface area contributed by atoms with Gasteiger partial charge in [-0.1, -0.05) is 13.8 Å². The molecule has 2 heterocycles. The van der Waals surface area contributed by atoms with Crippen molar-refractivity contribution in [2.24, 2.45) is 11.8 Å². The molecular weight excluding hydrogens is 248 g/mol. The topological polar surface area (TPSA) is 49.4 Å². The van der Waals surface area contributed by atoms with Crippen molar-refractivity contribution in [3.63, 3.8) is 0 Å². The van der Waals surface area contributed by atoms with Crippen LogP contribution in [-0.4, -0.2) is 47.4 Å². The molecule has 2 aliphatic heterocycles. The van der Waals surface area contributed by atoms with Crippen LogP contribution in [-0.2, 0) is 9.59 Å². The van der Waals surface area contributed by atoms with Gasteiger partial charge in [0.25, 0.3) is 0 Å². The quantitative estimate of drug-likeness (QED) is 0.818. The van der Waals surface area contributed by atoms with Crippen LogP contribution in [0.15, 0.2) is 0 Å². The summed E-state index contributed by atoms with van der Waals surface area (Å²) < 4.78 is 0. The molecule has 0 aromatic carbocycles. The maximum absolute atomic E-state index is 12.4. The van der Waals surface area contributed by atoms with Crippen LogP contribution in [0.4, 0.5) is 0 Å². The zero-order valence-corrected chi connectivity index (χ0v) is 12.0. The minimum absolute atomic E-state index is 0.0198. The minimum Gasteiger partial charge on any atom is -0.356 e. The number of rotatable bonds is 2. The fourth-order valence-corrected chi connectivity index (χ4v) is 3.83. The lowest BCUT2D eigenvalue weighted by molar-refractivity contribution is -0.140. The smallest absolute Gasteiger partial charge is 0.226 e. The third-order valence-corrected chi connectivity index (χ3v) is 5.28. The van der Waals surface area contributed by atoms with Gasteiger partial charge in [-0.25, -0.2) is 0 Å². The highest BCUT2D eigenvalue weighted by Gasteiger charge is 2.32. The summed E-state index contributed by atoms with van der Waals surface area (Å²) >= 11 is 1.97. The van der Waals surface area contributed by atoms with Crippen LogP contribution in [0.5, 0.6) is 0 Å². The Morgan fingerprint density at radius 2 is 2.28 bits per heavy atom. The van der Waals surface area contributed by atoms with Gasteiger partial charge >= 0.3 is 0 Å². The van der Waals surface area contributed by atoms with Crippen molar-refractivity contribution in [1.29, 1.82) is 0 Å². The van der Waals surface area contributed by atoms with E-state index in [9.17, 15) is 9.59 Å². The molecule has 1 N–H and O–H groups in total. The van der Waals surface area contributed by atoms with Crippen LogP contribution >= 0.6 is 11.8 Å². The van der Waals surface area contributed by atoms with Gasteiger partial charge in [0.15, 0.2) is 0 Å². The van der Waals surface area contributed by atoms with Crippen molar-refractivity contribution >= 4 is 23.6 Å². The standard InChI is InChI=1S/C13H22N2O2S/c1-9(2)11-8-15(5-6-18-11)13(17)10-3-4-14-12(16)7-10/h9-11H,3-8H2,1-2H3,(H,14,16). The van der Waals surface area contributed by atoms with Gasteiger partial charge in [-0.3, -0.25) is 9.59 Å². The zero-order chi connectivity index (χ0) is 13.1. The first-order valence-electron chi connectivity index (χ1n) is 6.75. The fraction of sp³-hybridized carbons (Fsp3) is 0.846. The van der Waals surface area contributed by atoms with Gasteiger partial charge < -0.3 is 10.2 Å². The highest BCUT2D eigenvalue weighted by atomic mass is 32.2. The van der Waals surface area contributed by atoms with Gasteiger partial charge in [0, 0.05) is 43.0 Å². The molecule has 0 radical (unpaired) electrons. The van der Waals surface area contributed by atoms with E-state index >= 15 is 0 Å². The molecule has 2 saturated heterocycles. The van der Waals surface area contributed by atoms with Crippen LogP contribution in [0.2, 0.25) is 0 Å². The molecule has 0 aromatic rings. The van der Waals surface area contributed by atoms with E-state index in [1.807, 2.05) is 16.7 Å². The number of hydrogen-bond donors (Lipinski definition) is 1. The number of nitrogens with one attached hydrogen (secondary N) is 1. The molecule has 18 heavy (non-hydrogen) atoms. The van der Waals surface area contributed by atoms with Crippen molar-refractivity contribution < 1.29 is 9.59 Å². The Bertz CT molecular complexity index is 333. The monoisotopic (exact) mass is 270 g/mol. The molecule has 0 saturated carbocycles. The van der Waals surface area contributed by atoms with E-state index in [1.54, 1.807) is 0 Å². The zero-order valence-electron chi connectivity index (χ0n) is 11.1. The van der Waals surface area contributed by atoms with E-state index in [0.29, 0.717) is 24.1 Å². The SMILES string of the molecule is CC(C)C1CN(C(=O)C2CCNC(=O)C2)CCS1. The van der Waals surface area contributed by atoms with E-state index in [4.69, 9.17) is 0 Å². The summed E-state index contributed by atoms with van der Waals surface area (Å²) in [7, 11) is 0. The Morgan fingerprint density at radius 3 is 2.94 bits per heavy atom. The number of thioether (sulfide) groups is 1. The summed E-state index contributed by atoms with van der Waals surface area (Å²) in [5, 5.41) is 3.32. The van der Waals surface area contributed by atoms with Gasteiger partial charge in [0.2, 0.25) is 11.8 Å². The molecule has 0 aliphatic carbocycles. The third kappa shape index (κ3) is 3.19. The predicted octanol–water partition coefficient (Wildman–Crippen LogP) is 1.11. The van der Waals surface area contributed by atoms with Crippen LogP contribution < -0.4 is 5.32 Å². The van der Waals surface area contributed by atoms with E-state index < -0.39 is 0 Å². The molecule has 4 nitrogen and oxygen atoms in total. The number of hydrogen-bond acceptors (Lipinski definition) is 3. The number of carbonyl (C=O) groups is 2. The van der Waals surface area contributed by atoms with Crippen molar-refractivity contribution in [1.82, 2.24) is 10.2 Å². The summed E-state index contributed by atoms with van der Waals surface area (Å²) in [6, 6.07) is 0. The lowest BCUT2D eigenvalue weighted by Crippen LogP contribution is -2.48. The lowest BCUT2D eigenvalue weighted by Gasteiger charge is -2.36. The number of piperidine rings is 1. The molecule has 0 spiro atoms. The molecular formula is C13H22N2O2S. The average Bonchev–Trinajstić information content (AvgIpc) is 2.38. The largest absolute Gasteiger partial charge is 0.356 e. The maximum atomic E-state index is 12.4. The summed E-state index contributed by atoms with van der Waals surface area (Å²) in [4.78, 5) is 25.7. The number of amides is 2. The summed E-state index contributed by atoms with van der Waals surface area (Å²) in [6.07, 6.45) is 1.16. The normalized spacial score (nSPS) is 29.3. The van der Waals surface area contributed by atoms with Crippen molar-refractivity contribution in [2.75, 3.05) is 25.4 Å². The van der Waals surface area contributed by atoms with Crippen LogP contribution in [0.3, 0.4) is 0 Å². The second-order valence-corrected chi connectivity index (χ2v) is 6.82. The Morgan fingerprint density at radius 1 is 1.50 bits per heavy atom. The van der Waals surface area contributed by atoms with E-state index in [1.165, 1.54) is 0 Å². The van der Waals surface area contributed by atoms with Crippen molar-refractivity contribution in [3.8, 4) is 0 Å². The predicted molar refractivity (Wildman–Crippen MR) is 73.4 cm³/mol. The summed E-state index contributed by atoms with van der Waals surface area (Å²) in [6.45, 7) is 6.74. The second kappa shape index (κ2) is 5.95. The molecule has 2 rings (SSSR count). The summed E-state index contributed by atoms with van der Waals surface area (Å²) in [5.41, 5.74) is 0. The molecule has 2 unspecified atom stereocenters. The highest BCUT2D eigenvalue weighted by Crippen LogP contribution is 2.27. The molecule has 2 atom stereocenters. The minimum atomic E-state index is -0.0883. The van der Waals surface area contributed by atoms with E-state index in [2.05, 4.69) is 19.2 Å². The molecule has 102 valence electrons. The summed E-state index contributed by atoms with van der Waals surface area (Å²) in [5.74, 6) is 1.74. The molecule has 0 aromatic heterocycles. The first-order valence-corrected chi connectivity index (χ1v) is 7.80. The van der Waals surface area contributed by atoms with Crippen molar-refractivity contribution in [2.45, 2.75) is 31.9 Å². The first-order chi connectivity index (χ1) is 8.58. The van der Waals surface area contributed by atoms with Crippen molar-refractivity contribution in [3.05, 3.63) is 0 Å². The lowest BCUT2D eigenvalue weighted by atomic mass is 9.95. The Labute approximate surface area is 113 Å². The van der Waals surface area contributed by atoms with Crippen LogP contribution in [0.1, 0.15) is 26.7 Å². The van der Waals surface area contributed by atoms with Gasteiger partial charge in [-0.15, -0.1) is 0 Å². The van der Waals surface area contributed by atoms with Gasteiger partial charge in [0.05, 0.1) is 0 Å². The number of nitrogens with zero attached hydrogens (tertiary/aromatic N) is 1. The van der Waals surface area contributed by atoms with Gasteiger partial charge in [0.1, 0.15) is 0 Å². The van der Waals surface area contributed by atoms with Crippen LogP contribution in [0.25, 0.3) is 0 Å². The fourth-order valence-electron chi connectivity index (χ4n) is 2.53. The average molecular weight is 270 g/mol. The Hall–Kier alpha value is -0.710. The third-order valence-electron chi connectivity index (χ3n) is 3.74. The molecule has 0 bridgehead atoms. The molecule has 2 amide bonds.